The van der Waals surface area contributed by atoms with Gasteiger partial charge in [-0.25, -0.2) is 9.37 Å². The maximum atomic E-state index is 13.7. The van der Waals surface area contributed by atoms with E-state index in [0.717, 1.165) is 38.3 Å². The van der Waals surface area contributed by atoms with Crippen LogP contribution in [0.1, 0.15) is 58.1 Å². The highest BCUT2D eigenvalue weighted by atomic mass is 19.1. The number of esters is 1. The Labute approximate surface area is 137 Å². The van der Waals surface area contributed by atoms with Crippen LogP contribution in [-0.2, 0) is 11.2 Å². The summed E-state index contributed by atoms with van der Waals surface area (Å²) in [7, 11) is 0. The van der Waals surface area contributed by atoms with Gasteiger partial charge in [0.25, 0.3) is 0 Å². The number of rotatable bonds is 9. The highest BCUT2D eigenvalue weighted by Crippen LogP contribution is 2.30. The third-order valence-corrected chi connectivity index (χ3v) is 4.08. The van der Waals surface area contributed by atoms with Crippen LogP contribution in [0, 0.1) is 17.7 Å². The van der Waals surface area contributed by atoms with Crippen LogP contribution in [-0.4, -0.2) is 15.9 Å². The minimum atomic E-state index is -0.445. The zero-order valence-corrected chi connectivity index (χ0v) is 13.9. The summed E-state index contributed by atoms with van der Waals surface area (Å²) in [6.45, 7) is 4.41. The van der Waals surface area contributed by atoms with Gasteiger partial charge in [-0.1, -0.05) is 32.4 Å². The van der Waals surface area contributed by atoms with E-state index in [1.165, 1.54) is 6.42 Å². The van der Waals surface area contributed by atoms with Crippen molar-refractivity contribution in [1.82, 2.24) is 9.97 Å². The number of hydrogen-bond donors (Lipinski definition) is 0. The molecule has 4 nitrogen and oxygen atoms in total. The van der Waals surface area contributed by atoms with Crippen molar-refractivity contribution in [3.05, 3.63) is 29.9 Å². The third kappa shape index (κ3) is 6.08. The van der Waals surface area contributed by atoms with Gasteiger partial charge >= 0.3 is 12.0 Å². The summed E-state index contributed by atoms with van der Waals surface area (Å²) in [5.41, 5.74) is 0.314. The first-order chi connectivity index (χ1) is 11.1. The number of aromatic nitrogens is 2. The van der Waals surface area contributed by atoms with Crippen LogP contribution >= 0.6 is 0 Å². The summed E-state index contributed by atoms with van der Waals surface area (Å²) in [6, 6.07) is -0.0365. The lowest BCUT2D eigenvalue weighted by atomic mass is 10.0. The lowest BCUT2D eigenvalue weighted by molar-refractivity contribution is -0.136. The average molecular weight is 320 g/mol. The van der Waals surface area contributed by atoms with Crippen molar-refractivity contribution in [2.75, 3.05) is 0 Å². The first-order valence-electron chi connectivity index (χ1n) is 8.48. The van der Waals surface area contributed by atoms with Crippen molar-refractivity contribution in [3.63, 3.8) is 0 Å². The van der Waals surface area contributed by atoms with Gasteiger partial charge in [0.05, 0.1) is 17.8 Å². The zero-order chi connectivity index (χ0) is 16.7. The number of carbonyl (C=O) groups excluding carboxylic acids is 1. The lowest BCUT2D eigenvalue weighted by Crippen LogP contribution is -2.13. The minimum Gasteiger partial charge on any atom is -0.391 e. The molecule has 1 fully saturated rings. The predicted octanol–water partition coefficient (Wildman–Crippen LogP) is 4.25. The quantitative estimate of drug-likeness (QED) is 0.388. The Hall–Kier alpha value is -1.78. The van der Waals surface area contributed by atoms with Gasteiger partial charge in [0.15, 0.2) is 5.82 Å². The maximum absolute atomic E-state index is 13.7. The van der Waals surface area contributed by atoms with Gasteiger partial charge in [0.2, 0.25) is 0 Å². The Morgan fingerprint density at radius 2 is 2.26 bits per heavy atom. The molecule has 0 aliphatic heterocycles. The molecule has 1 aliphatic carbocycles. The van der Waals surface area contributed by atoms with E-state index in [-0.39, 0.29) is 17.9 Å². The molecule has 0 radical (unpaired) electrons. The molecular formula is C18H25FN2O2. The number of hydrogen-bond acceptors (Lipinski definition) is 4. The molecule has 0 amide bonds. The van der Waals surface area contributed by atoms with Crippen molar-refractivity contribution in [2.24, 2.45) is 11.8 Å². The van der Waals surface area contributed by atoms with Crippen LogP contribution < -0.4 is 4.74 Å². The van der Waals surface area contributed by atoms with Crippen LogP contribution in [0.2, 0.25) is 0 Å². The topological polar surface area (TPSA) is 52.1 Å². The Morgan fingerprint density at radius 1 is 1.48 bits per heavy atom. The Bertz CT molecular complexity index is 556. The van der Waals surface area contributed by atoms with E-state index in [9.17, 15) is 9.18 Å². The van der Waals surface area contributed by atoms with E-state index in [1.54, 1.807) is 0 Å². The maximum Gasteiger partial charge on any atom is 0.324 e. The second-order valence-corrected chi connectivity index (χ2v) is 6.26. The van der Waals surface area contributed by atoms with E-state index >= 15 is 0 Å². The molecule has 5 heteroatoms. The summed E-state index contributed by atoms with van der Waals surface area (Å²) in [5.74, 6) is -0.0765. The fourth-order valence-electron chi connectivity index (χ4n) is 2.10. The Balaban J connectivity index is 1.78. The monoisotopic (exact) mass is 320 g/mol. The number of ether oxygens (including phenoxy) is 1. The van der Waals surface area contributed by atoms with Gasteiger partial charge in [-0.2, -0.15) is 4.98 Å². The molecule has 1 saturated carbocycles. The largest absolute Gasteiger partial charge is 0.391 e. The molecule has 0 spiro atoms. The van der Waals surface area contributed by atoms with E-state index in [4.69, 9.17) is 4.74 Å². The number of carbonyl (C=O) groups is 1. The third-order valence-electron chi connectivity index (χ3n) is 4.08. The molecule has 23 heavy (non-hydrogen) atoms. The Kier molecular flexibility index (Phi) is 6.68. The molecule has 0 unspecified atom stereocenters. The average Bonchev–Trinajstić information content (AvgIpc) is 3.38. The van der Waals surface area contributed by atoms with Crippen LogP contribution in [0.5, 0.6) is 6.01 Å². The van der Waals surface area contributed by atoms with E-state index < -0.39 is 5.82 Å². The van der Waals surface area contributed by atoms with E-state index in [0.29, 0.717) is 18.0 Å². The number of unbranched alkanes of at least 4 members (excludes halogenated alkanes) is 1. The second kappa shape index (κ2) is 8.75. The zero-order valence-electron chi connectivity index (χ0n) is 13.9. The van der Waals surface area contributed by atoms with Crippen molar-refractivity contribution in [3.8, 4) is 6.01 Å². The van der Waals surface area contributed by atoms with Crippen LogP contribution in [0.4, 0.5) is 4.39 Å². The number of aryl methyl sites for hydroxylation is 1. The van der Waals surface area contributed by atoms with Crippen LogP contribution in [0.15, 0.2) is 18.3 Å². The standard InChI is InChI=1S/C18H25FN2O2/c1-3-13(2)8-6-4-5-7-9-16-15(19)12-20-18(21-16)23-17(22)14-10-11-14/h4,6,12-14H,3,5,7-11H2,1-2H3/b6-4+/t13-/m0/s1. The first kappa shape index (κ1) is 17.6. The summed E-state index contributed by atoms with van der Waals surface area (Å²) in [5, 5.41) is 0. The van der Waals surface area contributed by atoms with Crippen molar-refractivity contribution in [1.29, 1.82) is 0 Å². The molecule has 126 valence electrons. The second-order valence-electron chi connectivity index (χ2n) is 6.26. The normalized spacial score (nSPS) is 15.8. The molecule has 1 atom stereocenters. The fourth-order valence-corrected chi connectivity index (χ4v) is 2.10. The molecule has 1 aromatic heterocycles. The van der Waals surface area contributed by atoms with Gasteiger partial charge in [0, 0.05) is 0 Å². The van der Waals surface area contributed by atoms with Gasteiger partial charge in [-0.05, 0) is 44.4 Å². The fraction of sp³-hybridized carbons (Fsp3) is 0.611. The lowest BCUT2D eigenvalue weighted by Gasteiger charge is -2.05. The van der Waals surface area contributed by atoms with Crippen molar-refractivity contribution < 1.29 is 13.9 Å². The van der Waals surface area contributed by atoms with Gasteiger partial charge < -0.3 is 4.74 Å². The van der Waals surface area contributed by atoms with Crippen molar-refractivity contribution in [2.45, 2.75) is 58.8 Å². The number of allylic oxidation sites excluding steroid dienone is 2. The Morgan fingerprint density at radius 3 is 2.96 bits per heavy atom. The summed E-state index contributed by atoms with van der Waals surface area (Å²) < 4.78 is 18.8. The minimum absolute atomic E-state index is 0.0252. The number of halogens is 1. The molecule has 1 aromatic rings. The molecular weight excluding hydrogens is 295 g/mol. The molecule has 0 bridgehead atoms. The molecule has 0 aromatic carbocycles. The van der Waals surface area contributed by atoms with Gasteiger partial charge in [-0.3, -0.25) is 4.79 Å². The molecule has 2 rings (SSSR count). The van der Waals surface area contributed by atoms with E-state index in [1.807, 2.05) is 0 Å². The van der Waals surface area contributed by atoms with Crippen LogP contribution in [0.3, 0.4) is 0 Å². The van der Waals surface area contributed by atoms with Crippen molar-refractivity contribution >= 4 is 5.97 Å². The smallest absolute Gasteiger partial charge is 0.324 e. The SMILES string of the molecule is CC[C@H](C)C/C=C/CCCc1nc(OC(=O)C2CC2)ncc1F. The molecule has 1 heterocycles. The van der Waals surface area contributed by atoms with E-state index in [2.05, 4.69) is 36.0 Å². The first-order valence-corrected chi connectivity index (χ1v) is 8.48. The summed E-state index contributed by atoms with van der Waals surface area (Å²) in [6.07, 6.45) is 11.6. The number of nitrogens with zero attached hydrogens (tertiary/aromatic N) is 2. The van der Waals surface area contributed by atoms with Gasteiger partial charge in [-0.15, -0.1) is 0 Å². The summed E-state index contributed by atoms with van der Waals surface area (Å²) >= 11 is 0. The highest BCUT2D eigenvalue weighted by molar-refractivity contribution is 5.76. The molecule has 0 saturated heterocycles. The van der Waals surface area contributed by atoms with Crippen LogP contribution in [0.25, 0.3) is 0 Å². The highest BCUT2D eigenvalue weighted by Gasteiger charge is 2.32. The predicted molar refractivity (Wildman–Crippen MR) is 86.5 cm³/mol. The molecule has 0 N–H and O–H groups in total. The summed E-state index contributed by atoms with van der Waals surface area (Å²) in [4.78, 5) is 19.3. The van der Waals surface area contributed by atoms with Gasteiger partial charge in [0.1, 0.15) is 0 Å². The molecule has 1 aliphatic rings.